The largest absolute Gasteiger partial charge is 0.462 e. The molecule has 0 aromatic heterocycles. The maximum absolute atomic E-state index is 12.8. The number of urea groups is 1. The average molecular weight is 341 g/mol. The maximum Gasteiger partial charge on any atom is 0.325 e. The van der Waals surface area contributed by atoms with Crippen molar-refractivity contribution in [2.75, 3.05) is 13.1 Å². The van der Waals surface area contributed by atoms with Gasteiger partial charge in [0, 0.05) is 12.6 Å². The van der Waals surface area contributed by atoms with E-state index in [0.717, 1.165) is 19.4 Å². The molecular formula is C17H31N3O4. The average Bonchev–Trinajstić information content (AvgIpc) is 2.86. The lowest BCUT2D eigenvalue weighted by Gasteiger charge is -2.35. The zero-order valence-corrected chi connectivity index (χ0v) is 15.6. The number of carbonyl (C=O) groups excluding carboxylic acids is 3. The Kier molecular flexibility index (Phi) is 7.05. The lowest BCUT2D eigenvalue weighted by atomic mass is 9.85. The number of hydrogen-bond donors (Lipinski definition) is 2. The van der Waals surface area contributed by atoms with Crippen LogP contribution in [0, 0.1) is 5.41 Å². The zero-order chi connectivity index (χ0) is 18.5. The van der Waals surface area contributed by atoms with Crippen LogP contribution in [0.25, 0.3) is 0 Å². The van der Waals surface area contributed by atoms with Gasteiger partial charge in [0.2, 0.25) is 5.91 Å². The second-order valence-electron chi connectivity index (χ2n) is 7.69. The molecule has 0 saturated carbocycles. The van der Waals surface area contributed by atoms with Crippen molar-refractivity contribution >= 4 is 17.9 Å². The fourth-order valence-electron chi connectivity index (χ4n) is 2.71. The van der Waals surface area contributed by atoms with Gasteiger partial charge in [-0.1, -0.05) is 20.8 Å². The molecule has 2 atom stereocenters. The van der Waals surface area contributed by atoms with Crippen molar-refractivity contribution in [3.05, 3.63) is 0 Å². The molecule has 1 rings (SSSR count). The first-order chi connectivity index (χ1) is 11.0. The summed E-state index contributed by atoms with van der Waals surface area (Å²) < 4.78 is 4.96. The van der Waals surface area contributed by atoms with E-state index in [1.54, 1.807) is 13.8 Å². The number of nitrogens with zero attached hydrogens (tertiary/aromatic N) is 1. The van der Waals surface area contributed by atoms with E-state index in [1.165, 1.54) is 0 Å². The van der Waals surface area contributed by atoms with Crippen LogP contribution in [0.3, 0.4) is 0 Å². The van der Waals surface area contributed by atoms with Gasteiger partial charge in [0.25, 0.3) is 0 Å². The molecule has 0 bridgehead atoms. The van der Waals surface area contributed by atoms with Crippen LogP contribution >= 0.6 is 0 Å². The Labute approximate surface area is 144 Å². The molecule has 1 aliphatic heterocycles. The molecule has 138 valence electrons. The van der Waals surface area contributed by atoms with Crippen molar-refractivity contribution in [1.82, 2.24) is 15.5 Å². The molecule has 1 fully saturated rings. The van der Waals surface area contributed by atoms with Gasteiger partial charge >= 0.3 is 12.0 Å². The molecule has 3 amide bonds. The Hall–Kier alpha value is -1.79. The quantitative estimate of drug-likeness (QED) is 0.745. The molecule has 7 heteroatoms. The first-order valence-corrected chi connectivity index (χ1v) is 8.56. The molecule has 2 unspecified atom stereocenters. The first-order valence-electron chi connectivity index (χ1n) is 8.56. The molecule has 0 aromatic rings. The van der Waals surface area contributed by atoms with Crippen molar-refractivity contribution in [1.29, 1.82) is 0 Å². The number of carbonyl (C=O) groups is 3. The van der Waals surface area contributed by atoms with Crippen LogP contribution in [-0.4, -0.2) is 54.1 Å². The van der Waals surface area contributed by atoms with Crippen molar-refractivity contribution < 1.29 is 19.1 Å². The highest BCUT2D eigenvalue weighted by molar-refractivity contribution is 5.89. The fraction of sp³-hybridized carbons (Fsp3) is 0.824. The summed E-state index contributed by atoms with van der Waals surface area (Å²) in [6, 6.07) is -1.01. The highest BCUT2D eigenvalue weighted by Crippen LogP contribution is 2.25. The van der Waals surface area contributed by atoms with Crippen LogP contribution in [-0.2, 0) is 14.3 Å². The molecule has 1 saturated heterocycles. The van der Waals surface area contributed by atoms with E-state index in [9.17, 15) is 14.4 Å². The Bertz CT molecular complexity index is 471. The van der Waals surface area contributed by atoms with Gasteiger partial charge in [-0.3, -0.25) is 9.59 Å². The molecule has 0 spiro atoms. The van der Waals surface area contributed by atoms with E-state index in [0.29, 0.717) is 0 Å². The number of amides is 3. The molecule has 0 radical (unpaired) electrons. The predicted molar refractivity (Wildman–Crippen MR) is 91.4 cm³/mol. The minimum atomic E-state index is -0.654. The minimum Gasteiger partial charge on any atom is -0.462 e. The molecule has 2 N–H and O–H groups in total. The monoisotopic (exact) mass is 341 g/mol. The number of rotatable bonds is 5. The van der Waals surface area contributed by atoms with Gasteiger partial charge in [-0.05, 0) is 39.0 Å². The SMILES string of the molecule is CC(C)OC(=O)CNC(=O)NC(C(=O)N1CCCC1C)C(C)(C)C. The Morgan fingerprint density at radius 1 is 1.25 bits per heavy atom. The maximum atomic E-state index is 12.8. The van der Waals surface area contributed by atoms with E-state index in [-0.39, 0.29) is 24.6 Å². The van der Waals surface area contributed by atoms with Crippen molar-refractivity contribution in [2.24, 2.45) is 5.41 Å². The van der Waals surface area contributed by atoms with Crippen LogP contribution in [0.15, 0.2) is 0 Å². The summed E-state index contributed by atoms with van der Waals surface area (Å²) in [6.45, 7) is 11.7. The van der Waals surface area contributed by atoms with Gasteiger partial charge in [0.1, 0.15) is 12.6 Å². The molecule has 24 heavy (non-hydrogen) atoms. The summed E-state index contributed by atoms with van der Waals surface area (Å²) in [5, 5.41) is 5.17. The summed E-state index contributed by atoms with van der Waals surface area (Å²) >= 11 is 0. The lowest BCUT2D eigenvalue weighted by Crippen LogP contribution is -2.57. The Morgan fingerprint density at radius 2 is 1.88 bits per heavy atom. The predicted octanol–water partition coefficient (Wildman–Crippen LogP) is 1.66. The van der Waals surface area contributed by atoms with Gasteiger partial charge < -0.3 is 20.3 Å². The summed E-state index contributed by atoms with van der Waals surface area (Å²) in [4.78, 5) is 38.2. The van der Waals surface area contributed by atoms with Gasteiger partial charge in [0.05, 0.1) is 6.10 Å². The summed E-state index contributed by atoms with van der Waals surface area (Å²) in [6.07, 6.45) is 1.73. The Balaban J connectivity index is 2.65. The summed E-state index contributed by atoms with van der Waals surface area (Å²) in [7, 11) is 0. The van der Waals surface area contributed by atoms with E-state index in [1.807, 2.05) is 32.6 Å². The van der Waals surface area contributed by atoms with Crippen molar-refractivity contribution in [3.8, 4) is 0 Å². The number of likely N-dealkylation sites (tertiary alicyclic amines) is 1. The van der Waals surface area contributed by atoms with E-state index in [2.05, 4.69) is 10.6 Å². The van der Waals surface area contributed by atoms with Gasteiger partial charge in [-0.25, -0.2) is 4.79 Å². The first kappa shape index (κ1) is 20.3. The highest BCUT2D eigenvalue weighted by atomic mass is 16.5. The van der Waals surface area contributed by atoms with Gasteiger partial charge in [-0.15, -0.1) is 0 Å². The van der Waals surface area contributed by atoms with Crippen molar-refractivity contribution in [3.63, 3.8) is 0 Å². The van der Waals surface area contributed by atoms with E-state index >= 15 is 0 Å². The number of hydrogen-bond acceptors (Lipinski definition) is 4. The second kappa shape index (κ2) is 8.35. The summed E-state index contributed by atoms with van der Waals surface area (Å²) in [5.41, 5.74) is -0.435. The van der Waals surface area contributed by atoms with E-state index < -0.39 is 23.5 Å². The van der Waals surface area contributed by atoms with Crippen molar-refractivity contribution in [2.45, 2.75) is 72.6 Å². The Morgan fingerprint density at radius 3 is 2.33 bits per heavy atom. The molecule has 1 aliphatic rings. The van der Waals surface area contributed by atoms with Crippen LogP contribution in [0.2, 0.25) is 0 Å². The third-order valence-electron chi connectivity index (χ3n) is 3.98. The fourth-order valence-corrected chi connectivity index (χ4v) is 2.71. The molecular weight excluding hydrogens is 310 g/mol. The summed E-state index contributed by atoms with van der Waals surface area (Å²) in [5.74, 6) is -0.584. The highest BCUT2D eigenvalue weighted by Gasteiger charge is 2.38. The number of esters is 1. The zero-order valence-electron chi connectivity index (χ0n) is 15.6. The molecule has 1 heterocycles. The number of ether oxygens (including phenoxy) is 1. The second-order valence-corrected chi connectivity index (χ2v) is 7.69. The van der Waals surface area contributed by atoms with Gasteiger partial charge in [0.15, 0.2) is 0 Å². The molecule has 7 nitrogen and oxygen atoms in total. The third kappa shape index (κ3) is 6.02. The van der Waals surface area contributed by atoms with Gasteiger partial charge in [-0.2, -0.15) is 0 Å². The standard InChI is InChI=1S/C17H31N3O4/c1-11(2)24-13(21)10-18-16(23)19-14(17(4,5)6)15(22)20-9-7-8-12(20)3/h11-12,14H,7-10H2,1-6H3,(H2,18,19,23). The van der Waals surface area contributed by atoms with Crippen LogP contribution in [0.5, 0.6) is 0 Å². The third-order valence-corrected chi connectivity index (χ3v) is 3.98. The van der Waals surface area contributed by atoms with E-state index in [4.69, 9.17) is 4.74 Å². The van der Waals surface area contributed by atoms with Crippen LogP contribution in [0.1, 0.15) is 54.4 Å². The number of nitrogens with one attached hydrogen (secondary N) is 2. The lowest BCUT2D eigenvalue weighted by molar-refractivity contribution is -0.146. The minimum absolute atomic E-state index is 0.0765. The molecule has 0 aromatic carbocycles. The van der Waals surface area contributed by atoms with Crippen LogP contribution in [0.4, 0.5) is 4.79 Å². The smallest absolute Gasteiger partial charge is 0.325 e. The normalized spacial score (nSPS) is 19.1. The molecule has 0 aliphatic carbocycles. The van der Waals surface area contributed by atoms with Crippen LogP contribution < -0.4 is 10.6 Å². The topological polar surface area (TPSA) is 87.7 Å².